The van der Waals surface area contributed by atoms with Crippen LogP contribution in [0.4, 0.5) is 11.6 Å². The van der Waals surface area contributed by atoms with Gasteiger partial charge in [-0.05, 0) is 30.8 Å². The van der Waals surface area contributed by atoms with Gasteiger partial charge in [-0.1, -0.05) is 6.07 Å². The van der Waals surface area contributed by atoms with Crippen molar-refractivity contribution in [2.45, 2.75) is 17.0 Å². The second-order valence-electron chi connectivity index (χ2n) is 3.56. The lowest BCUT2D eigenvalue weighted by Crippen LogP contribution is -2.04. The minimum atomic E-state index is -0.472. The van der Waals surface area contributed by atoms with Gasteiger partial charge in [-0.3, -0.25) is 10.1 Å². The van der Waals surface area contributed by atoms with Gasteiger partial charge in [0.05, 0.1) is 4.92 Å². The van der Waals surface area contributed by atoms with E-state index in [0.29, 0.717) is 16.7 Å². The van der Waals surface area contributed by atoms with E-state index in [1.54, 1.807) is 32.3 Å². The van der Waals surface area contributed by atoms with E-state index >= 15 is 0 Å². The van der Waals surface area contributed by atoms with Crippen molar-refractivity contribution in [2.24, 2.45) is 0 Å². The Morgan fingerprint density at radius 2 is 2.16 bits per heavy atom. The minimum Gasteiger partial charge on any atom is -0.357 e. The molecule has 1 N–H and O–H groups in total. The average Bonchev–Trinajstić information content (AvgIpc) is 2.38. The van der Waals surface area contributed by atoms with Gasteiger partial charge in [-0.25, -0.2) is 9.97 Å². The minimum absolute atomic E-state index is 0.0883. The molecule has 0 aliphatic rings. The van der Waals surface area contributed by atoms with E-state index in [1.165, 1.54) is 0 Å². The van der Waals surface area contributed by atoms with Crippen LogP contribution in [0, 0.1) is 17.0 Å². The van der Waals surface area contributed by atoms with Crippen LogP contribution in [0.2, 0.25) is 0 Å². The molecule has 0 aromatic carbocycles. The van der Waals surface area contributed by atoms with E-state index in [2.05, 4.69) is 20.3 Å². The molecule has 0 bridgehead atoms. The Balaban J connectivity index is 2.48. The molecule has 0 aliphatic heterocycles. The molecule has 0 fully saturated rings. The lowest BCUT2D eigenvalue weighted by atomic mass is 10.4. The maximum Gasteiger partial charge on any atom is 0.322 e. The number of anilines is 1. The molecule has 0 atom stereocenters. The highest BCUT2D eigenvalue weighted by molar-refractivity contribution is 7.99. The lowest BCUT2D eigenvalue weighted by Gasteiger charge is -2.06. The van der Waals surface area contributed by atoms with Crippen LogP contribution in [-0.4, -0.2) is 26.9 Å². The number of aromatic nitrogens is 3. The molecular weight excluding hydrogens is 266 g/mol. The van der Waals surface area contributed by atoms with Crippen molar-refractivity contribution in [3.05, 3.63) is 40.2 Å². The Morgan fingerprint density at radius 3 is 2.74 bits per heavy atom. The van der Waals surface area contributed by atoms with Crippen LogP contribution in [0.15, 0.2) is 34.4 Å². The standard InChI is InChI=1S/C11H11N5O2S/c1-7-9(16(17)18)10(15-11(12-2)14-7)19-8-5-3-4-6-13-8/h3-6H,1-2H3,(H,12,14,15). The molecule has 8 heteroatoms. The monoisotopic (exact) mass is 277 g/mol. The fourth-order valence-electron chi connectivity index (χ4n) is 1.44. The van der Waals surface area contributed by atoms with Crippen LogP contribution in [0.25, 0.3) is 0 Å². The summed E-state index contributed by atoms with van der Waals surface area (Å²) in [6, 6.07) is 5.36. The smallest absolute Gasteiger partial charge is 0.322 e. The number of hydrogen-bond donors (Lipinski definition) is 1. The highest BCUT2D eigenvalue weighted by Crippen LogP contribution is 2.34. The van der Waals surface area contributed by atoms with Gasteiger partial charge in [-0.15, -0.1) is 0 Å². The molecule has 0 spiro atoms. The Morgan fingerprint density at radius 1 is 1.37 bits per heavy atom. The van der Waals surface area contributed by atoms with Gasteiger partial charge >= 0.3 is 5.69 Å². The second-order valence-corrected chi connectivity index (χ2v) is 4.57. The molecule has 2 aromatic rings. The zero-order valence-electron chi connectivity index (χ0n) is 10.3. The molecule has 0 amide bonds. The summed E-state index contributed by atoms with van der Waals surface area (Å²) < 4.78 is 0. The highest BCUT2D eigenvalue weighted by atomic mass is 32.2. The molecule has 0 saturated carbocycles. The normalized spacial score (nSPS) is 10.2. The summed E-state index contributed by atoms with van der Waals surface area (Å²) in [5, 5.41) is 14.8. The van der Waals surface area contributed by atoms with Crippen molar-refractivity contribution in [2.75, 3.05) is 12.4 Å². The predicted octanol–water partition coefficient (Wildman–Crippen LogP) is 2.28. The number of rotatable bonds is 4. The lowest BCUT2D eigenvalue weighted by molar-refractivity contribution is -0.389. The summed E-state index contributed by atoms with van der Waals surface area (Å²) in [5.74, 6) is 0.349. The molecule has 0 radical (unpaired) electrons. The van der Waals surface area contributed by atoms with Crippen molar-refractivity contribution in [3.63, 3.8) is 0 Å². The second kappa shape index (κ2) is 5.61. The van der Waals surface area contributed by atoms with Crippen molar-refractivity contribution < 1.29 is 4.92 Å². The van der Waals surface area contributed by atoms with Gasteiger partial charge in [0.25, 0.3) is 0 Å². The molecule has 0 unspecified atom stereocenters. The van der Waals surface area contributed by atoms with E-state index in [0.717, 1.165) is 11.8 Å². The van der Waals surface area contributed by atoms with Crippen LogP contribution in [0.5, 0.6) is 0 Å². The SMILES string of the molecule is CNc1nc(C)c([N+](=O)[O-])c(Sc2ccccn2)n1. The van der Waals surface area contributed by atoms with Crippen molar-refractivity contribution >= 4 is 23.4 Å². The van der Waals surface area contributed by atoms with Crippen LogP contribution in [0.3, 0.4) is 0 Å². The maximum absolute atomic E-state index is 11.1. The number of pyridine rings is 1. The van der Waals surface area contributed by atoms with E-state index < -0.39 is 4.92 Å². The summed E-state index contributed by atoms with van der Waals surface area (Å²) in [6.45, 7) is 1.59. The third kappa shape index (κ3) is 2.97. The Bertz CT molecular complexity index is 606. The zero-order valence-corrected chi connectivity index (χ0v) is 11.1. The van der Waals surface area contributed by atoms with Crippen LogP contribution >= 0.6 is 11.8 Å². The van der Waals surface area contributed by atoms with Gasteiger partial charge in [-0.2, -0.15) is 4.98 Å². The van der Waals surface area contributed by atoms with Crippen LogP contribution < -0.4 is 5.32 Å². The van der Waals surface area contributed by atoms with Gasteiger partial charge < -0.3 is 5.32 Å². The van der Waals surface area contributed by atoms with Crippen molar-refractivity contribution in [1.29, 1.82) is 0 Å². The molecule has 2 heterocycles. The molecule has 0 saturated heterocycles. The summed E-state index contributed by atoms with van der Waals surface area (Å²) in [5.41, 5.74) is 0.234. The van der Waals surface area contributed by atoms with Gasteiger partial charge in [0.1, 0.15) is 10.7 Å². The zero-order chi connectivity index (χ0) is 13.8. The number of hydrogen-bond acceptors (Lipinski definition) is 7. The number of aryl methyl sites for hydroxylation is 1. The van der Waals surface area contributed by atoms with E-state index in [9.17, 15) is 10.1 Å². The topological polar surface area (TPSA) is 93.8 Å². The van der Waals surface area contributed by atoms with E-state index in [-0.39, 0.29) is 10.7 Å². The highest BCUT2D eigenvalue weighted by Gasteiger charge is 2.22. The quantitative estimate of drug-likeness (QED) is 0.520. The fraction of sp³-hybridized carbons (Fsp3) is 0.182. The Labute approximate surface area is 113 Å². The first-order valence-electron chi connectivity index (χ1n) is 5.41. The molecular formula is C11H11N5O2S. The molecule has 2 aromatic heterocycles. The number of nitrogens with zero attached hydrogens (tertiary/aromatic N) is 4. The third-order valence-electron chi connectivity index (χ3n) is 2.27. The van der Waals surface area contributed by atoms with Gasteiger partial charge in [0.15, 0.2) is 5.03 Å². The number of nitrogens with one attached hydrogen (secondary N) is 1. The Hall–Kier alpha value is -2.22. The first-order valence-corrected chi connectivity index (χ1v) is 6.23. The largest absolute Gasteiger partial charge is 0.357 e. The van der Waals surface area contributed by atoms with Gasteiger partial charge in [0.2, 0.25) is 5.95 Å². The summed E-state index contributed by atoms with van der Waals surface area (Å²) in [6.07, 6.45) is 1.63. The molecule has 19 heavy (non-hydrogen) atoms. The molecule has 0 aliphatic carbocycles. The molecule has 98 valence electrons. The van der Waals surface area contributed by atoms with E-state index in [4.69, 9.17) is 0 Å². The van der Waals surface area contributed by atoms with Crippen LogP contribution in [-0.2, 0) is 0 Å². The third-order valence-corrected chi connectivity index (χ3v) is 3.20. The average molecular weight is 277 g/mol. The first-order chi connectivity index (χ1) is 9.11. The Kier molecular flexibility index (Phi) is 3.91. The fourth-order valence-corrected chi connectivity index (χ4v) is 2.35. The summed E-state index contributed by atoms with van der Waals surface area (Å²) in [7, 11) is 1.66. The maximum atomic E-state index is 11.1. The first kappa shape index (κ1) is 13.2. The predicted molar refractivity (Wildman–Crippen MR) is 71.3 cm³/mol. The summed E-state index contributed by atoms with van der Waals surface area (Å²) in [4.78, 5) is 22.9. The summed E-state index contributed by atoms with van der Waals surface area (Å²) >= 11 is 1.14. The van der Waals surface area contributed by atoms with Crippen LogP contribution in [0.1, 0.15) is 5.69 Å². The number of nitro groups is 1. The molecule has 2 rings (SSSR count). The van der Waals surface area contributed by atoms with E-state index in [1.807, 2.05) is 6.07 Å². The van der Waals surface area contributed by atoms with Crippen molar-refractivity contribution in [1.82, 2.24) is 15.0 Å². The van der Waals surface area contributed by atoms with Gasteiger partial charge in [0, 0.05) is 13.2 Å². The molecule has 7 nitrogen and oxygen atoms in total. The van der Waals surface area contributed by atoms with Crippen molar-refractivity contribution in [3.8, 4) is 0 Å².